The highest BCUT2D eigenvalue weighted by atomic mass is 32.2. The molecule has 7 nitrogen and oxygen atoms in total. The van der Waals surface area contributed by atoms with E-state index in [1.54, 1.807) is 0 Å². The average molecular weight is 429 g/mol. The molecule has 3 heterocycles. The summed E-state index contributed by atoms with van der Waals surface area (Å²) in [6.45, 7) is -0.705. The Bertz CT molecular complexity index is 1060. The van der Waals surface area contributed by atoms with E-state index in [9.17, 15) is 13.6 Å². The van der Waals surface area contributed by atoms with Crippen LogP contribution in [0, 0.1) is 23.1 Å². The van der Waals surface area contributed by atoms with Crippen LogP contribution < -0.4 is 11.1 Å². The van der Waals surface area contributed by atoms with Crippen molar-refractivity contribution in [2.24, 2.45) is 16.6 Å². The second-order valence-electron chi connectivity index (χ2n) is 6.99. The van der Waals surface area contributed by atoms with Gasteiger partial charge in [0, 0.05) is 29.1 Å². The number of thioether (sulfide) groups is 1. The number of hydrogen-bond donors (Lipinski definition) is 2. The first-order valence-electron chi connectivity index (χ1n) is 9.10. The number of amides is 1. The van der Waals surface area contributed by atoms with Gasteiger partial charge >= 0.3 is 0 Å². The zero-order chi connectivity index (χ0) is 21.3. The number of anilines is 1. The van der Waals surface area contributed by atoms with Crippen molar-refractivity contribution in [1.82, 2.24) is 4.98 Å². The topological polar surface area (TPSA) is 113 Å². The van der Waals surface area contributed by atoms with Crippen molar-refractivity contribution in [2.75, 3.05) is 24.4 Å². The third-order valence-corrected chi connectivity index (χ3v) is 6.18. The van der Waals surface area contributed by atoms with Gasteiger partial charge in [0.25, 0.3) is 5.91 Å². The molecule has 2 aromatic rings. The summed E-state index contributed by atoms with van der Waals surface area (Å²) >= 11 is 1.29. The highest BCUT2D eigenvalue weighted by molar-refractivity contribution is 8.13. The molecule has 0 saturated carbocycles. The molecule has 0 spiro atoms. The summed E-state index contributed by atoms with van der Waals surface area (Å²) in [5.41, 5.74) is 5.71. The summed E-state index contributed by atoms with van der Waals surface area (Å²) < 4.78 is 33.9. The van der Waals surface area contributed by atoms with Gasteiger partial charge in [-0.2, -0.15) is 5.26 Å². The predicted octanol–water partition coefficient (Wildman–Crippen LogP) is 2.59. The van der Waals surface area contributed by atoms with Gasteiger partial charge in [-0.25, -0.2) is 18.8 Å². The number of carbonyl (C=O) groups excluding carboxylic acids is 1. The number of hydrogen-bond acceptors (Lipinski definition) is 7. The van der Waals surface area contributed by atoms with Gasteiger partial charge in [0.15, 0.2) is 5.17 Å². The summed E-state index contributed by atoms with van der Waals surface area (Å²) in [7, 11) is 0. The lowest BCUT2D eigenvalue weighted by molar-refractivity contribution is 0.0721. The maximum absolute atomic E-state index is 14.9. The molecule has 0 bridgehead atoms. The average Bonchev–Trinajstić information content (AvgIpc) is 3.13. The number of nitrogens with one attached hydrogen (secondary N) is 1. The summed E-state index contributed by atoms with van der Waals surface area (Å²) in [5.74, 6) is -0.992. The van der Waals surface area contributed by atoms with Crippen molar-refractivity contribution < 1.29 is 18.3 Å². The first kappa shape index (κ1) is 20.3. The Morgan fingerprint density at radius 1 is 1.43 bits per heavy atom. The van der Waals surface area contributed by atoms with Crippen LogP contribution in [0.5, 0.6) is 0 Å². The molecule has 154 valence electrons. The first-order chi connectivity index (χ1) is 14.5. The monoisotopic (exact) mass is 429 g/mol. The lowest BCUT2D eigenvalue weighted by Crippen LogP contribution is -2.42. The number of alkyl halides is 1. The molecule has 3 atom stereocenters. The van der Waals surface area contributed by atoms with Gasteiger partial charge in [-0.1, -0.05) is 11.8 Å². The van der Waals surface area contributed by atoms with Crippen LogP contribution in [0.1, 0.15) is 21.6 Å². The van der Waals surface area contributed by atoms with Crippen molar-refractivity contribution in [2.45, 2.75) is 11.6 Å². The molecule has 30 heavy (non-hydrogen) atoms. The minimum Gasteiger partial charge on any atom is -0.379 e. The number of benzene rings is 1. The number of pyridine rings is 1. The lowest BCUT2D eigenvalue weighted by Gasteiger charge is -2.35. The van der Waals surface area contributed by atoms with Crippen LogP contribution in [0.15, 0.2) is 41.5 Å². The third kappa shape index (κ3) is 3.51. The quantitative estimate of drug-likeness (QED) is 0.772. The highest BCUT2D eigenvalue weighted by Crippen LogP contribution is 2.48. The zero-order valence-corrected chi connectivity index (χ0v) is 16.5. The van der Waals surface area contributed by atoms with Crippen LogP contribution in [0.2, 0.25) is 0 Å². The number of aromatic nitrogens is 1. The molecule has 1 aromatic heterocycles. The number of amidine groups is 1. The van der Waals surface area contributed by atoms with Crippen LogP contribution in [-0.4, -0.2) is 41.2 Å². The van der Waals surface area contributed by atoms with Crippen LogP contribution >= 0.6 is 11.8 Å². The number of nitriles is 1. The predicted molar refractivity (Wildman–Crippen MR) is 108 cm³/mol. The Hall–Kier alpha value is -3.03. The molecular formula is C20H17F2N5O2S. The lowest BCUT2D eigenvalue weighted by atomic mass is 9.79. The maximum atomic E-state index is 14.9. The van der Waals surface area contributed by atoms with E-state index in [0.29, 0.717) is 17.0 Å². The zero-order valence-electron chi connectivity index (χ0n) is 15.6. The minimum absolute atomic E-state index is 0.000982. The summed E-state index contributed by atoms with van der Waals surface area (Å²) in [5, 5.41) is 11.8. The van der Waals surface area contributed by atoms with E-state index in [-0.39, 0.29) is 28.9 Å². The van der Waals surface area contributed by atoms with E-state index < -0.39 is 30.0 Å². The van der Waals surface area contributed by atoms with E-state index in [0.717, 1.165) is 0 Å². The van der Waals surface area contributed by atoms with Crippen LogP contribution in [0.4, 0.5) is 14.5 Å². The van der Waals surface area contributed by atoms with Crippen LogP contribution in [0.25, 0.3) is 0 Å². The second kappa shape index (κ2) is 8.01. The molecule has 2 aliphatic heterocycles. The molecule has 1 saturated heterocycles. The van der Waals surface area contributed by atoms with Gasteiger partial charge in [0.2, 0.25) is 0 Å². The van der Waals surface area contributed by atoms with Crippen molar-refractivity contribution in [3.05, 3.63) is 59.2 Å². The molecule has 0 unspecified atom stereocenters. The fraction of sp³-hybridized carbons (Fsp3) is 0.300. The molecule has 1 aromatic carbocycles. The van der Waals surface area contributed by atoms with Crippen LogP contribution in [-0.2, 0) is 10.3 Å². The van der Waals surface area contributed by atoms with Crippen LogP contribution in [0.3, 0.4) is 0 Å². The van der Waals surface area contributed by atoms with Gasteiger partial charge in [-0.05, 0) is 30.3 Å². The molecule has 1 fully saturated rings. The molecule has 1 amide bonds. The van der Waals surface area contributed by atoms with Gasteiger partial charge in [-0.3, -0.25) is 4.79 Å². The molecule has 0 radical (unpaired) electrons. The number of ether oxygens (including phenoxy) is 1. The van der Waals surface area contributed by atoms with E-state index >= 15 is 0 Å². The van der Waals surface area contributed by atoms with E-state index in [4.69, 9.17) is 15.7 Å². The molecule has 3 N–H and O–H groups in total. The van der Waals surface area contributed by atoms with Gasteiger partial charge in [-0.15, -0.1) is 0 Å². The minimum atomic E-state index is -1.15. The number of rotatable bonds is 4. The largest absolute Gasteiger partial charge is 0.379 e. The van der Waals surface area contributed by atoms with Gasteiger partial charge < -0.3 is 15.8 Å². The van der Waals surface area contributed by atoms with E-state index in [1.807, 2.05) is 6.07 Å². The normalized spacial score (nSPS) is 25.2. The Morgan fingerprint density at radius 3 is 2.97 bits per heavy atom. The fourth-order valence-electron chi connectivity index (χ4n) is 3.74. The molecule has 2 aliphatic rings. The SMILES string of the molecule is N#Cc1ccc(C(=O)Nc2ccc(F)c([C@@]34CO[C@@H](CF)[C@H]3CSC(N)=N4)c2)nc1. The Balaban J connectivity index is 1.67. The third-order valence-electron chi connectivity index (χ3n) is 5.27. The van der Waals surface area contributed by atoms with E-state index in [2.05, 4.69) is 15.3 Å². The number of fused-ring (bicyclic) bond motifs is 1. The number of nitrogens with two attached hydrogens (primary N) is 1. The first-order valence-corrected chi connectivity index (χ1v) is 10.1. The summed E-state index contributed by atoms with van der Waals surface area (Å²) in [4.78, 5) is 20.9. The Labute approximate surface area is 175 Å². The van der Waals surface area contributed by atoms with Gasteiger partial charge in [0.1, 0.15) is 29.8 Å². The van der Waals surface area contributed by atoms with Crippen molar-refractivity contribution in [3.63, 3.8) is 0 Å². The number of nitrogens with zero attached hydrogens (tertiary/aromatic N) is 3. The highest BCUT2D eigenvalue weighted by Gasteiger charge is 2.54. The maximum Gasteiger partial charge on any atom is 0.274 e. The standard InChI is InChI=1S/C20H17F2N5O2S/c21-6-17-14-9-30-19(24)27-20(14,10-29-17)13-5-12(2-3-15(13)22)26-18(28)16-4-1-11(7-23)8-25-16/h1-5,8,14,17H,6,9-10H2,(H2,24,27)(H,26,28)/t14-,17+,20+/m1/s1. The Morgan fingerprint density at radius 2 is 2.27 bits per heavy atom. The molecule has 10 heteroatoms. The summed E-state index contributed by atoms with van der Waals surface area (Å²) in [6, 6.07) is 8.94. The number of halogens is 2. The van der Waals surface area contributed by atoms with E-state index in [1.165, 1.54) is 48.3 Å². The van der Waals surface area contributed by atoms with Crippen molar-refractivity contribution >= 4 is 28.5 Å². The van der Waals surface area contributed by atoms with Crippen molar-refractivity contribution in [3.8, 4) is 6.07 Å². The number of carbonyl (C=O) groups is 1. The summed E-state index contributed by atoms with van der Waals surface area (Å²) in [6.07, 6.45) is 0.591. The fourth-order valence-corrected chi connectivity index (χ4v) is 4.81. The second-order valence-corrected chi connectivity index (χ2v) is 8.03. The molecule has 0 aliphatic carbocycles. The molecule has 4 rings (SSSR count). The van der Waals surface area contributed by atoms with Gasteiger partial charge in [0.05, 0.1) is 18.3 Å². The van der Waals surface area contributed by atoms with Crippen molar-refractivity contribution in [1.29, 1.82) is 5.26 Å². The molecular weight excluding hydrogens is 412 g/mol. The Kier molecular flexibility index (Phi) is 5.40. The number of aliphatic imine (C=N–C) groups is 1. The smallest absolute Gasteiger partial charge is 0.274 e.